The number of hydrogen-bond acceptors (Lipinski definition) is 6. The van der Waals surface area contributed by atoms with E-state index in [1.165, 1.54) is 11.3 Å². The number of aryl methyl sites for hydroxylation is 1. The summed E-state index contributed by atoms with van der Waals surface area (Å²) in [6.07, 6.45) is 3.87. The molecule has 160 valence electrons. The Kier molecular flexibility index (Phi) is 5.28. The maximum atomic E-state index is 12.9. The maximum Gasteiger partial charge on any atom is 0.293 e. The standard InChI is InChI=1S/C24H20N4O3S/c1-14-20-18(27-28-22(29)17-9-4-7-15-6-2-3-8-16(15)17)10-5-11-19(20)31-21(14)23(30)26-24-25-12-13-32-24/h2-4,6-9,12-13H,5,10-11H2,1H3,(H,28,29)(H,25,26,30)/b27-18+. The Labute approximate surface area is 188 Å². The predicted molar refractivity (Wildman–Crippen MR) is 124 cm³/mol. The molecule has 32 heavy (non-hydrogen) atoms. The normalized spacial score (nSPS) is 14.3. The lowest BCUT2D eigenvalue weighted by Gasteiger charge is -2.13. The van der Waals surface area contributed by atoms with E-state index in [1.807, 2.05) is 43.3 Å². The number of aromatic nitrogens is 1. The first kappa shape index (κ1) is 20.1. The van der Waals surface area contributed by atoms with Gasteiger partial charge in [0.2, 0.25) is 0 Å². The highest BCUT2D eigenvalue weighted by atomic mass is 32.1. The third kappa shape index (κ3) is 3.69. The summed E-state index contributed by atoms with van der Waals surface area (Å²) < 4.78 is 5.90. The van der Waals surface area contributed by atoms with E-state index >= 15 is 0 Å². The number of benzene rings is 2. The lowest BCUT2D eigenvalue weighted by Crippen LogP contribution is -2.22. The Morgan fingerprint density at radius 2 is 1.94 bits per heavy atom. The number of carbonyl (C=O) groups is 2. The Morgan fingerprint density at radius 3 is 2.78 bits per heavy atom. The molecule has 8 heteroatoms. The fourth-order valence-electron chi connectivity index (χ4n) is 4.04. The molecule has 0 fully saturated rings. The van der Waals surface area contributed by atoms with Crippen molar-refractivity contribution in [1.82, 2.24) is 10.4 Å². The number of hydrogen-bond donors (Lipinski definition) is 2. The summed E-state index contributed by atoms with van der Waals surface area (Å²) in [5.74, 6) is 0.353. The third-order valence-corrected chi connectivity index (χ3v) is 6.20. The average molecular weight is 445 g/mol. The lowest BCUT2D eigenvalue weighted by molar-refractivity contribution is 0.0955. The quantitative estimate of drug-likeness (QED) is 0.437. The van der Waals surface area contributed by atoms with Gasteiger partial charge in [0, 0.05) is 34.7 Å². The first-order chi connectivity index (χ1) is 15.6. The van der Waals surface area contributed by atoms with Crippen molar-refractivity contribution in [2.24, 2.45) is 5.10 Å². The molecular formula is C24H20N4O3S. The van der Waals surface area contributed by atoms with E-state index in [0.29, 0.717) is 22.7 Å². The zero-order valence-electron chi connectivity index (χ0n) is 17.3. The minimum atomic E-state index is -0.342. The van der Waals surface area contributed by atoms with Crippen molar-refractivity contribution in [3.63, 3.8) is 0 Å². The molecule has 0 saturated heterocycles. The van der Waals surface area contributed by atoms with Gasteiger partial charge in [-0.05, 0) is 36.6 Å². The molecule has 0 bridgehead atoms. The summed E-state index contributed by atoms with van der Waals surface area (Å²) in [5, 5.41) is 11.4. The number of anilines is 1. The van der Waals surface area contributed by atoms with E-state index in [4.69, 9.17) is 4.42 Å². The van der Waals surface area contributed by atoms with Crippen molar-refractivity contribution in [3.05, 3.63) is 82.3 Å². The molecule has 1 aliphatic carbocycles. The van der Waals surface area contributed by atoms with E-state index < -0.39 is 0 Å². The Balaban J connectivity index is 1.42. The summed E-state index contributed by atoms with van der Waals surface area (Å²) in [7, 11) is 0. The van der Waals surface area contributed by atoms with Crippen LogP contribution < -0.4 is 10.7 Å². The number of nitrogens with one attached hydrogen (secondary N) is 2. The summed E-state index contributed by atoms with van der Waals surface area (Å²) in [5.41, 5.74) is 5.50. The number of carbonyl (C=O) groups excluding carboxylic acids is 2. The number of thiazole rings is 1. The van der Waals surface area contributed by atoms with E-state index in [9.17, 15) is 9.59 Å². The Bertz CT molecular complexity index is 1350. The molecule has 0 spiro atoms. The number of nitrogens with zero attached hydrogens (tertiary/aromatic N) is 2. The van der Waals surface area contributed by atoms with E-state index in [-0.39, 0.29) is 17.6 Å². The summed E-state index contributed by atoms with van der Waals surface area (Å²) in [4.78, 5) is 29.6. The van der Waals surface area contributed by atoms with Crippen LogP contribution in [0.5, 0.6) is 0 Å². The van der Waals surface area contributed by atoms with Crippen LogP contribution in [0, 0.1) is 6.92 Å². The second kappa shape index (κ2) is 8.39. The summed E-state index contributed by atoms with van der Waals surface area (Å²) in [6, 6.07) is 13.4. The minimum Gasteiger partial charge on any atom is -0.455 e. The molecule has 5 rings (SSSR count). The smallest absolute Gasteiger partial charge is 0.293 e. The molecule has 2 amide bonds. The fraction of sp³-hybridized carbons (Fsp3) is 0.167. The monoisotopic (exact) mass is 444 g/mol. The van der Waals surface area contributed by atoms with Gasteiger partial charge in [-0.1, -0.05) is 36.4 Å². The fourth-order valence-corrected chi connectivity index (χ4v) is 4.56. The van der Waals surface area contributed by atoms with Crippen LogP contribution in [0.1, 0.15) is 50.6 Å². The van der Waals surface area contributed by atoms with Crippen LogP contribution in [0.25, 0.3) is 10.8 Å². The van der Waals surface area contributed by atoms with Gasteiger partial charge >= 0.3 is 0 Å². The van der Waals surface area contributed by atoms with Crippen molar-refractivity contribution >= 4 is 44.8 Å². The van der Waals surface area contributed by atoms with Crippen LogP contribution in [0.15, 0.2) is 63.6 Å². The van der Waals surface area contributed by atoms with Crippen LogP contribution in [0.2, 0.25) is 0 Å². The Morgan fingerprint density at radius 1 is 1.09 bits per heavy atom. The second-order valence-electron chi connectivity index (χ2n) is 7.53. The molecule has 1 aliphatic rings. The molecule has 0 radical (unpaired) electrons. The van der Waals surface area contributed by atoms with Gasteiger partial charge in [-0.25, -0.2) is 10.4 Å². The summed E-state index contributed by atoms with van der Waals surface area (Å²) >= 11 is 1.34. The van der Waals surface area contributed by atoms with Crippen molar-refractivity contribution in [1.29, 1.82) is 0 Å². The van der Waals surface area contributed by atoms with Crippen LogP contribution in [0.3, 0.4) is 0 Å². The van der Waals surface area contributed by atoms with Gasteiger partial charge in [0.05, 0.1) is 5.71 Å². The third-order valence-electron chi connectivity index (χ3n) is 5.51. The molecule has 0 aliphatic heterocycles. The van der Waals surface area contributed by atoms with Crippen molar-refractivity contribution < 1.29 is 14.0 Å². The van der Waals surface area contributed by atoms with Gasteiger partial charge in [-0.15, -0.1) is 11.3 Å². The lowest BCUT2D eigenvalue weighted by atomic mass is 9.93. The van der Waals surface area contributed by atoms with Crippen LogP contribution in [-0.2, 0) is 6.42 Å². The van der Waals surface area contributed by atoms with Crippen molar-refractivity contribution in [3.8, 4) is 0 Å². The highest BCUT2D eigenvalue weighted by Crippen LogP contribution is 2.30. The Hall–Kier alpha value is -3.78. The van der Waals surface area contributed by atoms with Gasteiger partial charge < -0.3 is 4.42 Å². The molecule has 0 saturated carbocycles. The second-order valence-corrected chi connectivity index (χ2v) is 8.42. The van der Waals surface area contributed by atoms with Gasteiger partial charge in [0.1, 0.15) is 5.76 Å². The molecule has 0 atom stereocenters. The van der Waals surface area contributed by atoms with Crippen LogP contribution >= 0.6 is 11.3 Å². The molecule has 4 aromatic rings. The van der Waals surface area contributed by atoms with Gasteiger partial charge in [0.15, 0.2) is 10.9 Å². The highest BCUT2D eigenvalue weighted by Gasteiger charge is 2.28. The van der Waals surface area contributed by atoms with Gasteiger partial charge in [-0.3, -0.25) is 14.9 Å². The zero-order chi connectivity index (χ0) is 22.1. The molecule has 2 N–H and O–H groups in total. The number of hydrazone groups is 1. The van der Waals surface area contributed by atoms with E-state index in [1.54, 1.807) is 17.6 Å². The van der Waals surface area contributed by atoms with Gasteiger partial charge in [0.25, 0.3) is 11.8 Å². The topological polar surface area (TPSA) is 96.6 Å². The largest absolute Gasteiger partial charge is 0.455 e. The number of fused-ring (bicyclic) bond motifs is 2. The van der Waals surface area contributed by atoms with Crippen LogP contribution in [-0.4, -0.2) is 22.5 Å². The number of furan rings is 1. The minimum absolute atomic E-state index is 0.250. The van der Waals surface area contributed by atoms with Gasteiger partial charge in [-0.2, -0.15) is 5.10 Å². The SMILES string of the molecule is Cc1c(C(=O)Nc2nccs2)oc2c1/C(=N/NC(=O)c1cccc3ccccc13)CCC2. The van der Waals surface area contributed by atoms with Crippen molar-refractivity contribution in [2.75, 3.05) is 5.32 Å². The molecule has 2 aromatic carbocycles. The summed E-state index contributed by atoms with van der Waals surface area (Å²) in [6.45, 7) is 1.84. The molecule has 0 unspecified atom stereocenters. The van der Waals surface area contributed by atoms with E-state index in [2.05, 4.69) is 20.8 Å². The molecular weight excluding hydrogens is 424 g/mol. The molecule has 2 heterocycles. The maximum absolute atomic E-state index is 12.9. The first-order valence-electron chi connectivity index (χ1n) is 10.3. The highest BCUT2D eigenvalue weighted by molar-refractivity contribution is 7.13. The predicted octanol–water partition coefficient (Wildman–Crippen LogP) is 4.92. The van der Waals surface area contributed by atoms with Crippen LogP contribution in [0.4, 0.5) is 5.13 Å². The number of rotatable bonds is 4. The first-order valence-corrected chi connectivity index (χ1v) is 11.2. The van der Waals surface area contributed by atoms with Crippen molar-refractivity contribution in [2.45, 2.75) is 26.2 Å². The number of amides is 2. The average Bonchev–Trinajstić information content (AvgIpc) is 3.45. The molecule has 7 nitrogen and oxygen atoms in total. The molecule has 2 aromatic heterocycles. The zero-order valence-corrected chi connectivity index (χ0v) is 18.2. The van der Waals surface area contributed by atoms with E-state index in [0.717, 1.165) is 40.6 Å².